The first-order valence-corrected chi connectivity index (χ1v) is 9.27. The molecule has 0 spiro atoms. The minimum atomic E-state index is -0.480. The van der Waals surface area contributed by atoms with Crippen LogP contribution in [0.1, 0.15) is 31.7 Å². The number of hydrogen-bond donors (Lipinski definition) is 1. The Bertz CT molecular complexity index is 772. The summed E-state index contributed by atoms with van der Waals surface area (Å²) in [4.78, 5) is 23.8. The summed E-state index contributed by atoms with van der Waals surface area (Å²) in [6, 6.07) is 7.08. The monoisotopic (exact) mass is 398 g/mol. The number of rotatable bonds is 5. The zero-order valence-electron chi connectivity index (χ0n) is 13.6. The Morgan fingerprint density at radius 3 is 2.80 bits per heavy atom. The summed E-state index contributed by atoms with van der Waals surface area (Å²) in [7, 11) is 0. The highest BCUT2D eigenvalue weighted by atomic mass is 35.5. The van der Waals surface area contributed by atoms with Crippen LogP contribution in [0.4, 0.5) is 0 Å². The van der Waals surface area contributed by atoms with Gasteiger partial charge in [0.2, 0.25) is 5.91 Å². The van der Waals surface area contributed by atoms with E-state index in [0.717, 1.165) is 11.8 Å². The second-order valence-electron chi connectivity index (χ2n) is 5.65. The van der Waals surface area contributed by atoms with Crippen molar-refractivity contribution in [3.05, 3.63) is 44.4 Å². The van der Waals surface area contributed by atoms with E-state index < -0.39 is 11.9 Å². The first-order valence-electron chi connectivity index (χ1n) is 7.53. The lowest BCUT2D eigenvalue weighted by molar-refractivity contribution is -0.144. The first kappa shape index (κ1) is 19.6. The molecule has 25 heavy (non-hydrogen) atoms. The molecular formula is C17H16Cl2N2O3S. The molecule has 1 heterocycles. The maximum absolute atomic E-state index is 12.1. The summed E-state index contributed by atoms with van der Waals surface area (Å²) >= 11 is 13.2. The zero-order chi connectivity index (χ0) is 18.6. The van der Waals surface area contributed by atoms with Crippen molar-refractivity contribution >= 4 is 46.8 Å². The third kappa shape index (κ3) is 5.15. The van der Waals surface area contributed by atoms with Gasteiger partial charge in [0, 0.05) is 22.4 Å². The number of carbonyl (C=O) groups is 2. The molecular weight excluding hydrogens is 383 g/mol. The van der Waals surface area contributed by atoms with Crippen LogP contribution in [0, 0.1) is 11.3 Å². The van der Waals surface area contributed by atoms with E-state index in [9.17, 15) is 14.9 Å². The number of thioether (sulfide) groups is 1. The van der Waals surface area contributed by atoms with Gasteiger partial charge in [-0.2, -0.15) is 5.26 Å². The lowest BCUT2D eigenvalue weighted by Gasteiger charge is -2.25. The van der Waals surface area contributed by atoms with Crippen molar-refractivity contribution in [2.75, 3.05) is 5.75 Å². The number of allylic oxidation sites excluding steroid dienone is 1. The number of amides is 1. The minimum Gasteiger partial charge on any atom is -0.462 e. The molecule has 1 amide bonds. The fourth-order valence-corrected chi connectivity index (χ4v) is 3.81. The van der Waals surface area contributed by atoms with Gasteiger partial charge in [0.25, 0.3) is 0 Å². The van der Waals surface area contributed by atoms with Crippen LogP contribution in [-0.4, -0.2) is 23.7 Å². The Kier molecular flexibility index (Phi) is 6.77. The number of hydrogen-bond acceptors (Lipinski definition) is 5. The Hall–Kier alpha value is -1.68. The van der Waals surface area contributed by atoms with Crippen molar-refractivity contribution in [2.45, 2.75) is 32.3 Å². The van der Waals surface area contributed by atoms with Gasteiger partial charge in [-0.25, -0.2) is 0 Å². The second-order valence-corrected chi connectivity index (χ2v) is 7.48. The molecule has 1 N–H and O–H groups in total. The average Bonchev–Trinajstić information content (AvgIpc) is 2.51. The second kappa shape index (κ2) is 8.61. The van der Waals surface area contributed by atoms with Crippen LogP contribution in [0.3, 0.4) is 0 Å². The van der Waals surface area contributed by atoms with Crippen molar-refractivity contribution < 1.29 is 14.3 Å². The predicted octanol–water partition coefficient (Wildman–Crippen LogP) is 4.02. The molecule has 0 aliphatic carbocycles. The van der Waals surface area contributed by atoms with Crippen LogP contribution in [0.25, 0.3) is 0 Å². The van der Waals surface area contributed by atoms with Gasteiger partial charge in [0.15, 0.2) is 0 Å². The fourth-order valence-electron chi connectivity index (χ4n) is 2.41. The molecule has 1 unspecified atom stereocenters. The van der Waals surface area contributed by atoms with Crippen molar-refractivity contribution in [1.82, 2.24) is 5.32 Å². The zero-order valence-corrected chi connectivity index (χ0v) is 16.0. The highest BCUT2D eigenvalue weighted by Gasteiger charge is 2.31. The highest BCUT2D eigenvalue weighted by molar-refractivity contribution is 8.03. The third-order valence-electron chi connectivity index (χ3n) is 3.40. The van der Waals surface area contributed by atoms with Crippen molar-refractivity contribution in [2.24, 2.45) is 0 Å². The van der Waals surface area contributed by atoms with Gasteiger partial charge in [0.1, 0.15) is 0 Å². The van der Waals surface area contributed by atoms with Crippen LogP contribution >= 0.6 is 35.0 Å². The molecule has 0 saturated carbocycles. The van der Waals surface area contributed by atoms with Crippen molar-refractivity contribution in [3.8, 4) is 6.07 Å². The summed E-state index contributed by atoms with van der Waals surface area (Å²) in [6.07, 6.45) is -0.121. The van der Waals surface area contributed by atoms with Gasteiger partial charge in [-0.3, -0.25) is 9.59 Å². The number of halogens is 2. The standard InChI is InChI=1S/C17H16Cl2N2O3S/c1-9(2)24-16(23)8-25-17-13(7-20)12(6-15(22)21-17)11-4-3-10(18)5-14(11)19/h3-5,9,12H,6,8H2,1-2H3,(H,21,22). The SMILES string of the molecule is CC(C)OC(=O)CSC1=C(C#N)C(c2ccc(Cl)cc2Cl)CC(=O)N1. The molecule has 2 rings (SSSR count). The number of benzene rings is 1. The number of esters is 1. The van der Waals surface area contributed by atoms with Crippen LogP contribution < -0.4 is 5.32 Å². The molecule has 0 fully saturated rings. The molecule has 0 saturated heterocycles. The summed E-state index contributed by atoms with van der Waals surface area (Å²) < 4.78 is 5.07. The molecule has 1 atom stereocenters. The quantitative estimate of drug-likeness (QED) is 0.757. The molecule has 1 aromatic carbocycles. The normalized spacial score (nSPS) is 17.3. The van der Waals surface area contributed by atoms with Gasteiger partial charge >= 0.3 is 5.97 Å². The molecule has 5 nitrogen and oxygen atoms in total. The van der Waals surface area contributed by atoms with E-state index >= 15 is 0 Å². The van der Waals surface area contributed by atoms with E-state index in [1.807, 2.05) is 0 Å². The lowest BCUT2D eigenvalue weighted by atomic mass is 9.87. The topological polar surface area (TPSA) is 79.2 Å². The number of nitrogens with one attached hydrogen (secondary N) is 1. The molecule has 0 bridgehead atoms. The maximum atomic E-state index is 12.1. The van der Waals surface area contributed by atoms with Crippen LogP contribution in [0.15, 0.2) is 28.8 Å². The van der Waals surface area contributed by atoms with Gasteiger partial charge in [-0.1, -0.05) is 41.0 Å². The van der Waals surface area contributed by atoms with Crippen LogP contribution in [-0.2, 0) is 14.3 Å². The predicted molar refractivity (Wildman–Crippen MR) is 98.3 cm³/mol. The van der Waals surface area contributed by atoms with E-state index in [2.05, 4.69) is 11.4 Å². The summed E-state index contributed by atoms with van der Waals surface area (Å²) in [5.41, 5.74) is 1.02. The Labute approximate surface area is 160 Å². The molecule has 1 aliphatic rings. The summed E-state index contributed by atoms with van der Waals surface area (Å²) in [5.74, 6) is -1.13. The summed E-state index contributed by atoms with van der Waals surface area (Å²) in [6.45, 7) is 3.51. The van der Waals surface area contributed by atoms with Gasteiger partial charge in [-0.15, -0.1) is 0 Å². The third-order valence-corrected chi connectivity index (χ3v) is 4.95. The molecule has 132 valence electrons. The molecule has 0 aromatic heterocycles. The van der Waals surface area contributed by atoms with Gasteiger partial charge in [0.05, 0.1) is 28.5 Å². The highest BCUT2D eigenvalue weighted by Crippen LogP contribution is 2.39. The van der Waals surface area contributed by atoms with Gasteiger partial charge < -0.3 is 10.1 Å². The van der Waals surface area contributed by atoms with Crippen molar-refractivity contribution in [1.29, 1.82) is 5.26 Å². The smallest absolute Gasteiger partial charge is 0.316 e. The molecule has 1 aliphatic heterocycles. The number of ether oxygens (including phenoxy) is 1. The Morgan fingerprint density at radius 1 is 1.48 bits per heavy atom. The van der Waals surface area contributed by atoms with E-state index in [1.165, 1.54) is 0 Å². The number of nitriles is 1. The summed E-state index contributed by atoms with van der Waals surface area (Å²) in [5, 5.41) is 13.5. The largest absolute Gasteiger partial charge is 0.462 e. The van der Waals surface area contributed by atoms with E-state index in [-0.39, 0.29) is 24.2 Å². The van der Waals surface area contributed by atoms with Crippen LogP contribution in [0.2, 0.25) is 10.0 Å². The Balaban J connectivity index is 2.29. The van der Waals surface area contributed by atoms with E-state index in [4.69, 9.17) is 27.9 Å². The lowest BCUT2D eigenvalue weighted by Crippen LogP contribution is -2.31. The van der Waals surface area contributed by atoms with Gasteiger partial charge in [-0.05, 0) is 31.5 Å². The van der Waals surface area contributed by atoms with E-state index in [0.29, 0.717) is 26.2 Å². The van der Waals surface area contributed by atoms with Crippen LogP contribution in [0.5, 0.6) is 0 Å². The van der Waals surface area contributed by atoms with E-state index in [1.54, 1.807) is 32.0 Å². The molecule has 8 heteroatoms. The number of carbonyl (C=O) groups excluding carboxylic acids is 2. The average molecular weight is 399 g/mol. The molecule has 0 radical (unpaired) electrons. The molecule has 1 aromatic rings. The fraction of sp³-hybridized carbons (Fsp3) is 0.353. The van der Waals surface area contributed by atoms with Crippen molar-refractivity contribution in [3.63, 3.8) is 0 Å². The Morgan fingerprint density at radius 2 is 2.20 bits per heavy atom. The number of nitrogens with zero attached hydrogens (tertiary/aromatic N) is 1. The first-order chi connectivity index (χ1) is 11.8. The maximum Gasteiger partial charge on any atom is 0.316 e. The minimum absolute atomic E-state index is 0.0000430.